The molecule has 0 saturated heterocycles. The van der Waals surface area contributed by atoms with Gasteiger partial charge in [0, 0.05) is 23.5 Å². The highest BCUT2D eigenvalue weighted by molar-refractivity contribution is 5.90. The van der Waals surface area contributed by atoms with E-state index in [0.29, 0.717) is 23.7 Å². The van der Waals surface area contributed by atoms with Gasteiger partial charge in [0.15, 0.2) is 5.82 Å². The molecule has 1 unspecified atom stereocenters. The Labute approximate surface area is 168 Å². The Balaban J connectivity index is 1.47. The van der Waals surface area contributed by atoms with E-state index in [1.54, 1.807) is 0 Å². The molecule has 146 valence electrons. The van der Waals surface area contributed by atoms with E-state index in [1.807, 2.05) is 6.20 Å². The highest BCUT2D eigenvalue weighted by Crippen LogP contribution is 2.65. The zero-order valence-electron chi connectivity index (χ0n) is 16.4. The minimum absolute atomic E-state index is 0.367. The van der Waals surface area contributed by atoms with E-state index in [0.717, 1.165) is 28.3 Å². The standard InChI is InChI=1S/C23H24N6/c1-29-18-7-6-17-15(10-25-26-17)21(18)19-11-2-3-12(8-11)20(19)22(29)13-4-5-16-14(9-13)23(24)28-27-16/h4-7,9-12,19-20,22H,2-3,8H2,1H3,(H,25,26)(H3,24,27,28)/t11-,12?,19+,20-,22+/m1/s1. The summed E-state index contributed by atoms with van der Waals surface area (Å²) in [7, 11) is 2.26. The molecule has 0 amide bonds. The molecule has 6 heteroatoms. The maximum Gasteiger partial charge on any atom is 0.153 e. The lowest BCUT2D eigenvalue weighted by atomic mass is 9.66. The first-order valence-corrected chi connectivity index (χ1v) is 10.6. The molecule has 7 rings (SSSR count). The summed E-state index contributed by atoms with van der Waals surface area (Å²) in [6.07, 6.45) is 6.12. The van der Waals surface area contributed by atoms with Gasteiger partial charge in [0.05, 0.1) is 23.3 Å². The van der Waals surface area contributed by atoms with Crippen molar-refractivity contribution in [3.05, 3.63) is 47.7 Å². The molecule has 2 fully saturated rings. The minimum Gasteiger partial charge on any atom is -0.382 e. The third kappa shape index (κ3) is 1.92. The van der Waals surface area contributed by atoms with E-state index in [-0.39, 0.29) is 0 Å². The van der Waals surface area contributed by atoms with E-state index in [9.17, 15) is 0 Å². The van der Waals surface area contributed by atoms with Gasteiger partial charge < -0.3 is 10.6 Å². The maximum atomic E-state index is 6.14. The van der Waals surface area contributed by atoms with Crippen molar-refractivity contribution in [2.24, 2.45) is 17.8 Å². The summed E-state index contributed by atoms with van der Waals surface area (Å²) in [5.41, 5.74) is 12.5. The molecule has 1 aliphatic heterocycles. The number of aromatic nitrogens is 4. The van der Waals surface area contributed by atoms with E-state index < -0.39 is 0 Å². The zero-order valence-corrected chi connectivity index (χ0v) is 16.4. The van der Waals surface area contributed by atoms with Gasteiger partial charge in [-0.1, -0.05) is 6.07 Å². The second-order valence-corrected chi connectivity index (χ2v) is 9.24. The lowest BCUT2D eigenvalue weighted by Crippen LogP contribution is -2.41. The molecule has 6 nitrogen and oxygen atoms in total. The summed E-state index contributed by atoms with van der Waals surface area (Å²) in [5, 5.41) is 17.1. The summed E-state index contributed by atoms with van der Waals surface area (Å²) in [6, 6.07) is 11.5. The second-order valence-electron chi connectivity index (χ2n) is 9.24. The van der Waals surface area contributed by atoms with Gasteiger partial charge in [-0.25, -0.2) is 0 Å². The number of hydrogen-bond donors (Lipinski definition) is 3. The lowest BCUT2D eigenvalue weighted by Gasteiger charge is -2.48. The fourth-order valence-corrected chi connectivity index (χ4v) is 6.99. The van der Waals surface area contributed by atoms with E-state index in [4.69, 9.17) is 5.73 Å². The average molecular weight is 384 g/mol. The number of nitrogen functional groups attached to an aromatic ring is 1. The monoisotopic (exact) mass is 384 g/mol. The first-order valence-electron chi connectivity index (χ1n) is 10.6. The van der Waals surface area contributed by atoms with Crippen molar-refractivity contribution in [2.75, 3.05) is 17.7 Å². The Bertz CT molecular complexity index is 1270. The largest absolute Gasteiger partial charge is 0.382 e. The molecule has 2 aliphatic carbocycles. The Hall–Kier alpha value is -3.02. The molecule has 5 atom stereocenters. The molecule has 2 bridgehead atoms. The average Bonchev–Trinajstić information content (AvgIpc) is 3.52. The third-order valence-corrected chi connectivity index (χ3v) is 8.08. The van der Waals surface area contributed by atoms with Gasteiger partial charge in [0.1, 0.15) is 0 Å². The van der Waals surface area contributed by atoms with Gasteiger partial charge in [-0.15, -0.1) is 0 Å². The van der Waals surface area contributed by atoms with E-state index in [1.165, 1.54) is 41.5 Å². The number of benzene rings is 2. The number of hydrogen-bond acceptors (Lipinski definition) is 4. The van der Waals surface area contributed by atoms with Gasteiger partial charge in [0.2, 0.25) is 0 Å². The fourth-order valence-electron chi connectivity index (χ4n) is 6.99. The summed E-state index contributed by atoms with van der Waals surface area (Å²) in [6.45, 7) is 0. The van der Waals surface area contributed by atoms with Crippen LogP contribution in [0.3, 0.4) is 0 Å². The van der Waals surface area contributed by atoms with Gasteiger partial charge in [-0.2, -0.15) is 10.2 Å². The lowest BCUT2D eigenvalue weighted by molar-refractivity contribution is 0.231. The molecule has 4 N–H and O–H groups in total. The van der Waals surface area contributed by atoms with Crippen molar-refractivity contribution in [3.8, 4) is 0 Å². The van der Waals surface area contributed by atoms with Crippen molar-refractivity contribution in [1.29, 1.82) is 0 Å². The van der Waals surface area contributed by atoms with Crippen LogP contribution in [0.1, 0.15) is 42.3 Å². The molecular weight excluding hydrogens is 360 g/mol. The number of rotatable bonds is 1. The highest BCUT2D eigenvalue weighted by Gasteiger charge is 2.55. The normalized spacial score (nSPS) is 30.2. The number of aromatic amines is 2. The van der Waals surface area contributed by atoms with E-state index >= 15 is 0 Å². The van der Waals surface area contributed by atoms with E-state index in [2.05, 4.69) is 62.7 Å². The van der Waals surface area contributed by atoms with Gasteiger partial charge in [-0.05, 0) is 78.3 Å². The SMILES string of the molecule is CN1c2ccc3[nH]ncc3c2[C@H]2[C@@H]3CCC(C3)[C@H]2[C@@H]1c1ccc2[nH]nc(N)c2c1. The van der Waals surface area contributed by atoms with Crippen LogP contribution in [-0.4, -0.2) is 27.4 Å². The first-order chi connectivity index (χ1) is 14.2. The highest BCUT2D eigenvalue weighted by atomic mass is 15.2. The number of nitrogens with two attached hydrogens (primary N) is 1. The molecule has 3 aliphatic rings. The second kappa shape index (κ2) is 5.32. The summed E-state index contributed by atoms with van der Waals surface area (Å²) in [4.78, 5) is 2.51. The molecule has 0 radical (unpaired) electrons. The van der Waals surface area contributed by atoms with Gasteiger partial charge >= 0.3 is 0 Å². The maximum absolute atomic E-state index is 6.14. The van der Waals surface area contributed by atoms with Crippen LogP contribution in [0.4, 0.5) is 11.5 Å². The van der Waals surface area contributed by atoms with Crippen molar-refractivity contribution in [1.82, 2.24) is 20.4 Å². The van der Waals surface area contributed by atoms with Crippen LogP contribution in [0.25, 0.3) is 21.8 Å². The van der Waals surface area contributed by atoms with Gasteiger partial charge in [-0.3, -0.25) is 10.2 Å². The first kappa shape index (κ1) is 15.9. The van der Waals surface area contributed by atoms with Crippen LogP contribution in [0, 0.1) is 17.8 Å². The summed E-state index contributed by atoms with van der Waals surface area (Å²) < 4.78 is 0. The Morgan fingerprint density at radius 2 is 1.86 bits per heavy atom. The van der Waals surface area contributed by atoms with Gasteiger partial charge in [0.25, 0.3) is 0 Å². The molecule has 4 aromatic rings. The van der Waals surface area contributed by atoms with Crippen LogP contribution in [0.2, 0.25) is 0 Å². The quantitative estimate of drug-likeness (QED) is 0.456. The fraction of sp³-hybridized carbons (Fsp3) is 0.391. The third-order valence-electron chi connectivity index (χ3n) is 8.08. The molecule has 0 spiro atoms. The van der Waals surface area contributed by atoms with Crippen LogP contribution in [0.5, 0.6) is 0 Å². The van der Waals surface area contributed by atoms with Crippen LogP contribution in [0.15, 0.2) is 36.5 Å². The molecule has 2 aromatic carbocycles. The molecule has 2 saturated carbocycles. The number of nitrogens with one attached hydrogen (secondary N) is 2. The number of fused-ring (bicyclic) bond motifs is 10. The van der Waals surface area contributed by atoms with Crippen molar-refractivity contribution in [3.63, 3.8) is 0 Å². The van der Waals surface area contributed by atoms with Crippen molar-refractivity contribution < 1.29 is 0 Å². The predicted octanol–water partition coefficient (Wildman–Crippen LogP) is 4.34. The number of anilines is 2. The predicted molar refractivity (Wildman–Crippen MR) is 115 cm³/mol. The summed E-state index contributed by atoms with van der Waals surface area (Å²) >= 11 is 0. The smallest absolute Gasteiger partial charge is 0.153 e. The van der Waals surface area contributed by atoms with Crippen LogP contribution in [-0.2, 0) is 0 Å². The van der Waals surface area contributed by atoms with Crippen molar-refractivity contribution in [2.45, 2.75) is 31.2 Å². The van der Waals surface area contributed by atoms with Crippen LogP contribution >= 0.6 is 0 Å². The molecule has 29 heavy (non-hydrogen) atoms. The Morgan fingerprint density at radius 3 is 2.79 bits per heavy atom. The molecular formula is C23H24N6. The minimum atomic E-state index is 0.367. The summed E-state index contributed by atoms with van der Waals surface area (Å²) in [5.74, 6) is 3.43. The Morgan fingerprint density at radius 1 is 1.03 bits per heavy atom. The molecule has 3 heterocycles. The Kier molecular flexibility index (Phi) is 2.91. The topological polar surface area (TPSA) is 86.6 Å². The molecule has 2 aromatic heterocycles. The van der Waals surface area contributed by atoms with Crippen molar-refractivity contribution >= 4 is 33.3 Å². The number of H-pyrrole nitrogens is 2. The van der Waals surface area contributed by atoms with Crippen LogP contribution < -0.4 is 10.6 Å². The zero-order chi connectivity index (χ0) is 19.3. The number of nitrogens with zero attached hydrogens (tertiary/aromatic N) is 3.